The first-order chi connectivity index (χ1) is 10.0. The molecule has 1 heterocycles. The minimum atomic E-state index is -1.28. The fraction of sp³-hybridized carbons (Fsp3) is 0.231. The van der Waals surface area contributed by atoms with Crippen LogP contribution >= 0.6 is 0 Å². The summed E-state index contributed by atoms with van der Waals surface area (Å²) in [5.74, 6) is -2.08. The lowest BCUT2D eigenvalue weighted by molar-refractivity contribution is -0.387. The van der Waals surface area contributed by atoms with Crippen LogP contribution in [-0.4, -0.2) is 21.4 Å². The number of nitrogens with zero attached hydrogens (tertiary/aromatic N) is 3. The van der Waals surface area contributed by atoms with Crippen molar-refractivity contribution in [3.8, 4) is 11.4 Å². The van der Waals surface area contributed by atoms with E-state index in [0.717, 1.165) is 18.6 Å². The van der Waals surface area contributed by atoms with Gasteiger partial charge in [-0.05, 0) is 18.6 Å². The smallest absolute Gasteiger partial charge is 0.305 e. The first-order valence-electron chi connectivity index (χ1n) is 6.24. The van der Waals surface area contributed by atoms with Gasteiger partial charge in [-0.15, -0.1) is 0 Å². The first kappa shape index (κ1) is 14.8. The summed E-state index contributed by atoms with van der Waals surface area (Å²) in [5, 5.41) is 13.7. The molecule has 1 aromatic heterocycles. The van der Waals surface area contributed by atoms with E-state index in [9.17, 15) is 18.9 Å². The summed E-state index contributed by atoms with van der Waals surface area (Å²) >= 11 is 0. The molecule has 0 atom stereocenters. The highest BCUT2D eigenvalue weighted by atomic mass is 19.1. The molecule has 2 rings (SSSR count). The Morgan fingerprint density at radius 3 is 2.76 bits per heavy atom. The van der Waals surface area contributed by atoms with Crippen molar-refractivity contribution in [3.63, 3.8) is 0 Å². The second-order valence-electron chi connectivity index (χ2n) is 4.20. The molecular formula is C13H12F2N4O2. The summed E-state index contributed by atoms with van der Waals surface area (Å²) in [6.07, 6.45) is 2.18. The summed E-state index contributed by atoms with van der Waals surface area (Å²) in [7, 11) is 0. The van der Waals surface area contributed by atoms with Crippen molar-refractivity contribution >= 4 is 11.5 Å². The molecule has 0 unspecified atom stereocenters. The number of nitrogens with one attached hydrogen (secondary N) is 1. The van der Waals surface area contributed by atoms with Crippen LogP contribution in [0.5, 0.6) is 0 Å². The number of hydrogen-bond donors (Lipinski definition) is 1. The van der Waals surface area contributed by atoms with E-state index in [4.69, 9.17) is 0 Å². The molecule has 8 heteroatoms. The Hall–Kier alpha value is -2.64. The molecule has 110 valence electrons. The maximum absolute atomic E-state index is 14.1. The lowest BCUT2D eigenvalue weighted by Crippen LogP contribution is -2.05. The van der Waals surface area contributed by atoms with Crippen molar-refractivity contribution in [1.82, 2.24) is 9.97 Å². The third-order valence-corrected chi connectivity index (χ3v) is 2.70. The zero-order valence-electron chi connectivity index (χ0n) is 11.1. The normalized spacial score (nSPS) is 10.4. The van der Waals surface area contributed by atoms with Crippen LogP contribution in [0.4, 0.5) is 20.3 Å². The van der Waals surface area contributed by atoms with Crippen LogP contribution in [0.15, 0.2) is 24.4 Å². The summed E-state index contributed by atoms with van der Waals surface area (Å²) in [6.45, 7) is 2.59. The summed E-state index contributed by atoms with van der Waals surface area (Å²) < 4.78 is 27.9. The third-order valence-electron chi connectivity index (χ3n) is 2.70. The number of aromatic nitrogens is 2. The van der Waals surface area contributed by atoms with Gasteiger partial charge < -0.3 is 5.32 Å². The van der Waals surface area contributed by atoms with Crippen LogP contribution in [0.3, 0.4) is 0 Å². The van der Waals surface area contributed by atoms with Gasteiger partial charge in [-0.1, -0.05) is 6.92 Å². The standard InChI is InChI=1S/C13H12F2N4O2/c1-2-6-16-10-5-7-17-13(18-10)11-8(14)3-4-9(12(11)15)19(20)21/h3-5,7H,2,6H2,1H3,(H,16,17,18). The van der Waals surface area contributed by atoms with Gasteiger partial charge in [-0.25, -0.2) is 14.4 Å². The topological polar surface area (TPSA) is 81.0 Å². The molecule has 1 aromatic carbocycles. The van der Waals surface area contributed by atoms with Gasteiger partial charge in [-0.3, -0.25) is 10.1 Å². The van der Waals surface area contributed by atoms with Crippen LogP contribution in [0.1, 0.15) is 13.3 Å². The summed E-state index contributed by atoms with van der Waals surface area (Å²) in [5.41, 5.74) is -1.42. The maximum atomic E-state index is 14.1. The van der Waals surface area contributed by atoms with Gasteiger partial charge in [0.1, 0.15) is 11.6 Å². The zero-order chi connectivity index (χ0) is 15.4. The number of nitro benzene ring substituents is 1. The van der Waals surface area contributed by atoms with Crippen LogP contribution in [0, 0.1) is 21.7 Å². The van der Waals surface area contributed by atoms with E-state index < -0.39 is 27.8 Å². The molecule has 0 aliphatic rings. The van der Waals surface area contributed by atoms with Crippen molar-refractivity contribution in [2.45, 2.75) is 13.3 Å². The van der Waals surface area contributed by atoms with Crippen molar-refractivity contribution in [2.24, 2.45) is 0 Å². The molecule has 0 radical (unpaired) electrons. The first-order valence-corrected chi connectivity index (χ1v) is 6.24. The SMILES string of the molecule is CCCNc1ccnc(-c2c(F)ccc([N+](=O)[O-])c2F)n1. The predicted octanol–water partition coefficient (Wildman–Crippen LogP) is 3.15. The Balaban J connectivity index is 2.51. The lowest BCUT2D eigenvalue weighted by atomic mass is 10.1. The van der Waals surface area contributed by atoms with Crippen molar-refractivity contribution in [1.29, 1.82) is 0 Å². The second-order valence-corrected chi connectivity index (χ2v) is 4.20. The predicted molar refractivity (Wildman–Crippen MR) is 72.8 cm³/mol. The molecule has 1 N–H and O–H groups in total. The van der Waals surface area contributed by atoms with Gasteiger partial charge in [0.2, 0.25) is 5.82 Å². The monoisotopic (exact) mass is 294 g/mol. The molecule has 0 saturated carbocycles. The average Bonchev–Trinajstić information content (AvgIpc) is 2.45. The van der Waals surface area contributed by atoms with Gasteiger partial charge in [0.25, 0.3) is 0 Å². The van der Waals surface area contributed by atoms with E-state index in [1.165, 1.54) is 6.20 Å². The van der Waals surface area contributed by atoms with E-state index >= 15 is 0 Å². The van der Waals surface area contributed by atoms with E-state index in [1.54, 1.807) is 6.07 Å². The van der Waals surface area contributed by atoms with Crippen molar-refractivity contribution in [2.75, 3.05) is 11.9 Å². The quantitative estimate of drug-likeness (QED) is 0.676. The highest BCUT2D eigenvalue weighted by Gasteiger charge is 2.24. The number of halogens is 2. The van der Waals surface area contributed by atoms with Gasteiger partial charge in [-0.2, -0.15) is 4.39 Å². The average molecular weight is 294 g/mol. The molecule has 0 fully saturated rings. The number of hydrogen-bond acceptors (Lipinski definition) is 5. The van der Waals surface area contributed by atoms with Crippen LogP contribution in [0.2, 0.25) is 0 Å². The number of anilines is 1. The zero-order valence-corrected chi connectivity index (χ0v) is 11.1. The van der Waals surface area contributed by atoms with Crippen LogP contribution in [0.25, 0.3) is 11.4 Å². The molecule has 0 saturated heterocycles. The second kappa shape index (κ2) is 6.21. The molecule has 0 amide bonds. The van der Waals surface area contributed by atoms with Gasteiger partial charge in [0.05, 0.1) is 10.5 Å². The Morgan fingerprint density at radius 1 is 1.33 bits per heavy atom. The van der Waals surface area contributed by atoms with E-state index in [-0.39, 0.29) is 5.82 Å². The Morgan fingerprint density at radius 2 is 2.10 bits per heavy atom. The Kier molecular flexibility index (Phi) is 4.36. The Bertz CT molecular complexity index is 679. The van der Waals surface area contributed by atoms with E-state index in [1.807, 2.05) is 6.92 Å². The number of benzene rings is 1. The molecule has 0 bridgehead atoms. The molecule has 0 spiro atoms. The third kappa shape index (κ3) is 3.10. The van der Waals surface area contributed by atoms with Gasteiger partial charge in [0.15, 0.2) is 5.82 Å². The molecule has 6 nitrogen and oxygen atoms in total. The summed E-state index contributed by atoms with van der Waals surface area (Å²) in [6, 6.07) is 3.14. The fourth-order valence-electron chi connectivity index (χ4n) is 1.72. The highest BCUT2D eigenvalue weighted by Crippen LogP contribution is 2.29. The van der Waals surface area contributed by atoms with E-state index in [2.05, 4.69) is 15.3 Å². The van der Waals surface area contributed by atoms with Gasteiger partial charge >= 0.3 is 5.69 Å². The maximum Gasteiger partial charge on any atom is 0.305 e. The number of rotatable bonds is 5. The van der Waals surface area contributed by atoms with Crippen LogP contribution < -0.4 is 5.32 Å². The van der Waals surface area contributed by atoms with E-state index in [0.29, 0.717) is 12.4 Å². The summed E-state index contributed by atoms with van der Waals surface area (Å²) in [4.78, 5) is 17.6. The van der Waals surface area contributed by atoms with Crippen molar-refractivity contribution in [3.05, 3.63) is 46.1 Å². The van der Waals surface area contributed by atoms with Crippen LogP contribution in [-0.2, 0) is 0 Å². The largest absolute Gasteiger partial charge is 0.370 e. The highest BCUT2D eigenvalue weighted by molar-refractivity contribution is 5.62. The minimum absolute atomic E-state index is 0.241. The fourth-order valence-corrected chi connectivity index (χ4v) is 1.72. The lowest BCUT2D eigenvalue weighted by Gasteiger charge is -2.07. The molecular weight excluding hydrogens is 282 g/mol. The number of nitro groups is 1. The molecule has 0 aliphatic heterocycles. The molecule has 2 aromatic rings. The Labute approximate surface area is 119 Å². The molecule has 0 aliphatic carbocycles. The van der Waals surface area contributed by atoms with Gasteiger partial charge in [0, 0.05) is 18.8 Å². The minimum Gasteiger partial charge on any atom is -0.370 e. The van der Waals surface area contributed by atoms with Crippen molar-refractivity contribution < 1.29 is 13.7 Å². The molecule has 21 heavy (non-hydrogen) atoms.